The second kappa shape index (κ2) is 6.63. The molecule has 2 aromatic carbocycles. The minimum absolute atomic E-state index is 0.0727. The smallest absolute Gasteiger partial charge is 0.252 e. The van der Waals surface area contributed by atoms with Crippen LogP contribution in [0, 0.1) is 3.57 Å². The summed E-state index contributed by atoms with van der Waals surface area (Å²) in [4.78, 5) is 12.7. The molecule has 0 aliphatic carbocycles. The molecule has 4 nitrogen and oxygen atoms in total. The van der Waals surface area contributed by atoms with Crippen molar-refractivity contribution in [2.24, 2.45) is 0 Å². The summed E-state index contributed by atoms with van der Waals surface area (Å²) in [6.45, 7) is 4.07. The lowest BCUT2D eigenvalue weighted by Crippen LogP contribution is -2.41. The Kier molecular flexibility index (Phi) is 4.71. The molecule has 2 aromatic rings. The molecule has 0 aromatic heterocycles. The molecule has 0 fully saturated rings. The number of hydrogen-bond donors (Lipinski definition) is 1. The van der Waals surface area contributed by atoms with Gasteiger partial charge in [0, 0.05) is 15.6 Å². The van der Waals surface area contributed by atoms with E-state index in [4.69, 9.17) is 9.47 Å². The lowest BCUT2D eigenvalue weighted by molar-refractivity contribution is 0.0617. The number of methoxy groups -OCH3 is 1. The molecule has 1 aliphatic heterocycles. The molecule has 0 spiro atoms. The van der Waals surface area contributed by atoms with Gasteiger partial charge in [-0.2, -0.15) is 0 Å². The van der Waals surface area contributed by atoms with Crippen LogP contribution in [0.5, 0.6) is 11.5 Å². The first-order chi connectivity index (χ1) is 11.4. The lowest BCUT2D eigenvalue weighted by atomic mass is 9.89. The monoisotopic (exact) mass is 437 g/mol. The molecule has 0 unspecified atom stereocenters. The third-order valence-corrected chi connectivity index (χ3v) is 5.04. The van der Waals surface area contributed by atoms with Crippen LogP contribution in [-0.4, -0.2) is 18.6 Å². The van der Waals surface area contributed by atoms with Crippen molar-refractivity contribution in [1.29, 1.82) is 0 Å². The maximum Gasteiger partial charge on any atom is 0.252 e. The Morgan fingerprint density at radius 1 is 1.29 bits per heavy atom. The Balaban J connectivity index is 1.93. The third-order valence-electron chi connectivity index (χ3n) is 4.10. The second-order valence-electron chi connectivity index (χ2n) is 6.48. The molecule has 24 heavy (non-hydrogen) atoms. The number of ether oxygens (including phenoxy) is 2. The summed E-state index contributed by atoms with van der Waals surface area (Å²) in [5.74, 6) is 1.47. The quantitative estimate of drug-likeness (QED) is 0.728. The van der Waals surface area contributed by atoms with E-state index in [1.54, 1.807) is 7.11 Å². The van der Waals surface area contributed by atoms with Gasteiger partial charge in [-0.15, -0.1) is 0 Å². The van der Waals surface area contributed by atoms with Gasteiger partial charge in [-0.3, -0.25) is 4.79 Å². The van der Waals surface area contributed by atoms with Crippen molar-refractivity contribution < 1.29 is 14.3 Å². The van der Waals surface area contributed by atoms with E-state index < -0.39 is 0 Å². The molecule has 1 aliphatic rings. The van der Waals surface area contributed by atoms with Crippen molar-refractivity contribution in [3.63, 3.8) is 0 Å². The van der Waals surface area contributed by atoms with E-state index in [9.17, 15) is 4.79 Å². The summed E-state index contributed by atoms with van der Waals surface area (Å²) in [6, 6.07) is 13.2. The fourth-order valence-corrected chi connectivity index (χ4v) is 3.60. The fraction of sp³-hybridized carbons (Fsp3) is 0.316. The number of hydrogen-bond acceptors (Lipinski definition) is 3. The fourth-order valence-electron chi connectivity index (χ4n) is 2.97. The van der Waals surface area contributed by atoms with Crippen LogP contribution in [0.3, 0.4) is 0 Å². The summed E-state index contributed by atoms with van der Waals surface area (Å²) in [5, 5.41) is 3.16. The van der Waals surface area contributed by atoms with Crippen LogP contribution in [0.25, 0.3) is 0 Å². The van der Waals surface area contributed by atoms with Crippen LogP contribution in [0.15, 0.2) is 42.5 Å². The van der Waals surface area contributed by atoms with Crippen molar-refractivity contribution in [1.82, 2.24) is 5.32 Å². The van der Waals surface area contributed by atoms with Crippen molar-refractivity contribution in [3.8, 4) is 11.5 Å². The number of carbonyl (C=O) groups excluding carboxylic acids is 1. The zero-order valence-corrected chi connectivity index (χ0v) is 16.1. The number of rotatable bonds is 3. The number of amides is 1. The molecule has 126 valence electrons. The van der Waals surface area contributed by atoms with E-state index in [2.05, 4.69) is 27.9 Å². The van der Waals surface area contributed by atoms with Gasteiger partial charge in [0.25, 0.3) is 5.91 Å². The molecule has 1 amide bonds. The van der Waals surface area contributed by atoms with E-state index in [-0.39, 0.29) is 17.6 Å². The molecule has 3 rings (SSSR count). The zero-order chi connectivity index (χ0) is 17.3. The van der Waals surface area contributed by atoms with Gasteiger partial charge in [-0.05, 0) is 66.8 Å². The third kappa shape index (κ3) is 3.50. The molecule has 5 heteroatoms. The number of halogens is 1. The van der Waals surface area contributed by atoms with Crippen molar-refractivity contribution in [3.05, 3.63) is 57.2 Å². The number of benzene rings is 2. The number of carbonyl (C=O) groups is 1. The zero-order valence-electron chi connectivity index (χ0n) is 13.9. The standard InChI is InChI=1S/C19H20INO3/c1-19(2)11-16(14-10-12(23-3)8-9-17(14)24-19)21-18(22)13-6-4-5-7-15(13)20/h4-10,16H,11H2,1-3H3,(H,21,22)/t16-/m0/s1. The first kappa shape index (κ1) is 17.1. The summed E-state index contributed by atoms with van der Waals surface area (Å²) in [6.07, 6.45) is 0.697. The SMILES string of the molecule is COc1ccc2c(c1)[C@@H](NC(=O)c1ccccc1I)CC(C)(C)O2. The first-order valence-electron chi connectivity index (χ1n) is 7.82. The van der Waals surface area contributed by atoms with Crippen molar-refractivity contribution in [2.75, 3.05) is 7.11 Å². The Morgan fingerprint density at radius 2 is 2.04 bits per heavy atom. The van der Waals surface area contributed by atoms with Crippen LogP contribution in [-0.2, 0) is 0 Å². The first-order valence-corrected chi connectivity index (χ1v) is 8.90. The maximum atomic E-state index is 12.7. The predicted octanol–water partition coefficient (Wildman–Crippen LogP) is 4.33. The van der Waals surface area contributed by atoms with Crippen LogP contribution < -0.4 is 14.8 Å². The average Bonchev–Trinajstić information content (AvgIpc) is 2.54. The highest BCUT2D eigenvalue weighted by atomic mass is 127. The Bertz CT molecular complexity index is 773. The average molecular weight is 437 g/mol. The number of nitrogens with one attached hydrogen (secondary N) is 1. The van der Waals surface area contributed by atoms with Gasteiger partial charge in [-0.1, -0.05) is 12.1 Å². The van der Waals surface area contributed by atoms with Crippen LogP contribution in [0.1, 0.15) is 42.2 Å². The van der Waals surface area contributed by atoms with Gasteiger partial charge in [-0.25, -0.2) is 0 Å². The van der Waals surface area contributed by atoms with Gasteiger partial charge in [0.1, 0.15) is 17.1 Å². The molecule has 0 radical (unpaired) electrons. The minimum Gasteiger partial charge on any atom is -0.497 e. The normalized spacial score (nSPS) is 18.2. The van der Waals surface area contributed by atoms with Gasteiger partial charge >= 0.3 is 0 Å². The Morgan fingerprint density at radius 3 is 2.75 bits per heavy atom. The molecule has 0 saturated carbocycles. The van der Waals surface area contributed by atoms with E-state index in [0.717, 1.165) is 20.6 Å². The largest absolute Gasteiger partial charge is 0.497 e. The topological polar surface area (TPSA) is 47.6 Å². The van der Waals surface area contributed by atoms with Crippen molar-refractivity contribution in [2.45, 2.75) is 31.9 Å². The Hall–Kier alpha value is -1.76. The summed E-state index contributed by atoms with van der Waals surface area (Å²) >= 11 is 2.18. The summed E-state index contributed by atoms with van der Waals surface area (Å²) in [7, 11) is 1.63. The summed E-state index contributed by atoms with van der Waals surface area (Å²) < 4.78 is 12.3. The van der Waals surface area contributed by atoms with Gasteiger partial charge < -0.3 is 14.8 Å². The highest BCUT2D eigenvalue weighted by molar-refractivity contribution is 14.1. The number of fused-ring (bicyclic) bond motifs is 1. The molecule has 0 saturated heterocycles. The van der Waals surface area contributed by atoms with Gasteiger partial charge in [0.2, 0.25) is 0 Å². The van der Waals surface area contributed by atoms with Crippen LogP contribution in [0.2, 0.25) is 0 Å². The van der Waals surface area contributed by atoms with E-state index in [1.807, 2.05) is 56.3 Å². The highest BCUT2D eigenvalue weighted by Crippen LogP contribution is 2.41. The summed E-state index contributed by atoms with van der Waals surface area (Å²) in [5.41, 5.74) is 1.29. The molecular weight excluding hydrogens is 417 g/mol. The van der Waals surface area contributed by atoms with Gasteiger partial charge in [0.05, 0.1) is 18.7 Å². The minimum atomic E-state index is -0.344. The van der Waals surface area contributed by atoms with E-state index >= 15 is 0 Å². The highest BCUT2D eigenvalue weighted by Gasteiger charge is 2.35. The maximum absolute atomic E-state index is 12.7. The molecule has 1 atom stereocenters. The molecular formula is C19H20INO3. The van der Waals surface area contributed by atoms with Gasteiger partial charge in [0.15, 0.2) is 0 Å². The molecule has 0 bridgehead atoms. The second-order valence-corrected chi connectivity index (χ2v) is 7.64. The van der Waals surface area contributed by atoms with Crippen LogP contribution >= 0.6 is 22.6 Å². The van der Waals surface area contributed by atoms with E-state index in [1.165, 1.54) is 0 Å². The van der Waals surface area contributed by atoms with Crippen molar-refractivity contribution >= 4 is 28.5 Å². The molecule has 1 N–H and O–H groups in total. The predicted molar refractivity (Wildman–Crippen MR) is 102 cm³/mol. The Labute approximate surface area is 155 Å². The van der Waals surface area contributed by atoms with E-state index in [0.29, 0.717) is 12.0 Å². The van der Waals surface area contributed by atoms with Crippen LogP contribution in [0.4, 0.5) is 0 Å². The molecule has 1 heterocycles. The lowest BCUT2D eigenvalue weighted by Gasteiger charge is -2.38.